The highest BCUT2D eigenvalue weighted by atomic mass is 19.1. The zero-order valence-electron chi connectivity index (χ0n) is 17.9. The van der Waals surface area contributed by atoms with Crippen molar-refractivity contribution in [1.29, 1.82) is 0 Å². The number of aromatic nitrogens is 1. The number of fused-ring (bicyclic) bond motifs is 1. The zero-order chi connectivity index (χ0) is 21.6. The van der Waals surface area contributed by atoms with Crippen LogP contribution in [0.1, 0.15) is 25.3 Å². The van der Waals surface area contributed by atoms with Crippen LogP contribution in [0.3, 0.4) is 0 Å². The molecule has 1 unspecified atom stereocenters. The SMILES string of the molecule is CCNC(=NCC(=O)N1CCCc2ccccc21)NC1CCN(c2ncccc2F)C1. The molecule has 1 aromatic carbocycles. The first-order chi connectivity index (χ1) is 15.2. The quantitative estimate of drug-likeness (QED) is 0.569. The van der Waals surface area contributed by atoms with E-state index in [2.05, 4.69) is 26.7 Å². The van der Waals surface area contributed by atoms with Crippen molar-refractivity contribution in [2.75, 3.05) is 42.5 Å². The molecule has 8 heteroatoms. The summed E-state index contributed by atoms with van der Waals surface area (Å²) in [5.74, 6) is 0.672. The van der Waals surface area contributed by atoms with Gasteiger partial charge in [0.05, 0.1) is 0 Å². The summed E-state index contributed by atoms with van der Waals surface area (Å²) < 4.78 is 14.0. The Balaban J connectivity index is 1.38. The number of carbonyl (C=O) groups excluding carboxylic acids is 1. The molecule has 1 saturated heterocycles. The monoisotopic (exact) mass is 424 g/mol. The number of carbonyl (C=O) groups is 1. The van der Waals surface area contributed by atoms with E-state index < -0.39 is 0 Å². The molecule has 2 N–H and O–H groups in total. The first-order valence-electron chi connectivity index (χ1n) is 10.9. The van der Waals surface area contributed by atoms with Gasteiger partial charge in [0, 0.05) is 44.1 Å². The van der Waals surface area contributed by atoms with Gasteiger partial charge in [-0.1, -0.05) is 18.2 Å². The molecule has 0 saturated carbocycles. The van der Waals surface area contributed by atoms with Gasteiger partial charge in [-0.15, -0.1) is 0 Å². The molecule has 1 fully saturated rings. The van der Waals surface area contributed by atoms with Crippen LogP contribution >= 0.6 is 0 Å². The fourth-order valence-electron chi connectivity index (χ4n) is 4.22. The van der Waals surface area contributed by atoms with Crippen LogP contribution in [0, 0.1) is 5.82 Å². The molecular formula is C23H29FN6O. The van der Waals surface area contributed by atoms with E-state index in [4.69, 9.17) is 0 Å². The molecule has 2 aliphatic rings. The predicted molar refractivity (Wildman–Crippen MR) is 121 cm³/mol. The minimum atomic E-state index is -0.309. The van der Waals surface area contributed by atoms with Crippen LogP contribution in [-0.4, -0.2) is 55.6 Å². The fourth-order valence-corrected chi connectivity index (χ4v) is 4.22. The maximum absolute atomic E-state index is 14.0. The number of pyridine rings is 1. The van der Waals surface area contributed by atoms with Crippen molar-refractivity contribution in [1.82, 2.24) is 15.6 Å². The Labute approximate surface area is 182 Å². The molecule has 31 heavy (non-hydrogen) atoms. The van der Waals surface area contributed by atoms with E-state index in [0.29, 0.717) is 31.4 Å². The van der Waals surface area contributed by atoms with E-state index in [-0.39, 0.29) is 24.3 Å². The molecule has 1 atom stereocenters. The molecule has 1 amide bonds. The number of rotatable bonds is 5. The number of hydrogen-bond acceptors (Lipinski definition) is 4. The van der Waals surface area contributed by atoms with Crippen LogP contribution in [-0.2, 0) is 11.2 Å². The van der Waals surface area contributed by atoms with Crippen LogP contribution < -0.4 is 20.4 Å². The minimum absolute atomic E-state index is 0.00652. The van der Waals surface area contributed by atoms with Crippen LogP contribution in [0.4, 0.5) is 15.9 Å². The lowest BCUT2D eigenvalue weighted by Crippen LogP contribution is -2.45. The maximum Gasteiger partial charge on any atom is 0.248 e. The Kier molecular flexibility index (Phi) is 6.64. The maximum atomic E-state index is 14.0. The molecular weight excluding hydrogens is 395 g/mol. The summed E-state index contributed by atoms with van der Waals surface area (Å²) in [6.07, 6.45) is 4.41. The van der Waals surface area contributed by atoms with Gasteiger partial charge >= 0.3 is 0 Å². The van der Waals surface area contributed by atoms with Gasteiger partial charge in [-0.25, -0.2) is 14.4 Å². The normalized spacial score (nSPS) is 18.6. The summed E-state index contributed by atoms with van der Waals surface area (Å²) in [6, 6.07) is 11.2. The van der Waals surface area contributed by atoms with Gasteiger partial charge in [-0.05, 0) is 49.9 Å². The third kappa shape index (κ3) is 4.95. The number of aliphatic imine (C=N–C) groups is 1. The van der Waals surface area contributed by atoms with Crippen molar-refractivity contribution in [3.05, 3.63) is 54.0 Å². The fraction of sp³-hybridized carbons (Fsp3) is 0.435. The summed E-state index contributed by atoms with van der Waals surface area (Å²) in [6.45, 7) is 4.83. The molecule has 3 heterocycles. The molecule has 0 radical (unpaired) electrons. The average molecular weight is 425 g/mol. The van der Waals surface area contributed by atoms with Gasteiger partial charge in [0.1, 0.15) is 6.54 Å². The average Bonchev–Trinajstić information content (AvgIpc) is 3.25. The molecule has 0 bridgehead atoms. The third-order valence-corrected chi connectivity index (χ3v) is 5.70. The van der Waals surface area contributed by atoms with Crippen molar-refractivity contribution in [2.24, 2.45) is 4.99 Å². The van der Waals surface area contributed by atoms with Crippen LogP contribution in [0.2, 0.25) is 0 Å². The van der Waals surface area contributed by atoms with Crippen molar-refractivity contribution >= 4 is 23.4 Å². The number of halogens is 1. The number of aryl methyl sites for hydroxylation is 1. The van der Waals surface area contributed by atoms with Gasteiger partial charge in [-0.2, -0.15) is 0 Å². The zero-order valence-corrected chi connectivity index (χ0v) is 17.9. The van der Waals surface area contributed by atoms with Crippen LogP contribution in [0.25, 0.3) is 0 Å². The second kappa shape index (κ2) is 9.76. The van der Waals surface area contributed by atoms with E-state index in [1.54, 1.807) is 12.3 Å². The first kappa shape index (κ1) is 21.1. The van der Waals surface area contributed by atoms with Gasteiger partial charge in [-0.3, -0.25) is 4.79 Å². The largest absolute Gasteiger partial charge is 0.357 e. The lowest BCUT2D eigenvalue weighted by Gasteiger charge is -2.29. The number of nitrogens with zero attached hydrogens (tertiary/aromatic N) is 4. The molecule has 1 aromatic heterocycles. The van der Waals surface area contributed by atoms with Crippen molar-refractivity contribution < 1.29 is 9.18 Å². The Bertz CT molecular complexity index is 949. The smallest absolute Gasteiger partial charge is 0.248 e. The van der Waals surface area contributed by atoms with Crippen molar-refractivity contribution in [3.63, 3.8) is 0 Å². The second-order valence-electron chi connectivity index (χ2n) is 7.86. The Morgan fingerprint density at radius 3 is 2.97 bits per heavy atom. The molecule has 0 spiro atoms. The summed E-state index contributed by atoms with van der Waals surface area (Å²) >= 11 is 0. The van der Waals surface area contributed by atoms with E-state index in [0.717, 1.165) is 31.5 Å². The molecule has 164 valence electrons. The van der Waals surface area contributed by atoms with Gasteiger partial charge in [0.15, 0.2) is 17.6 Å². The summed E-state index contributed by atoms with van der Waals surface area (Å²) in [5, 5.41) is 6.60. The standard InChI is InChI=1S/C23H29FN6O/c1-2-25-23(28-18-11-14-29(16-18)22-19(24)9-5-12-26-22)27-15-21(31)30-13-6-8-17-7-3-4-10-20(17)30/h3-5,7,9-10,12,18H,2,6,8,11,13-16H2,1H3,(H2,25,27,28). The predicted octanol–water partition coefficient (Wildman–Crippen LogP) is 2.33. The summed E-state index contributed by atoms with van der Waals surface area (Å²) in [5.41, 5.74) is 2.21. The summed E-state index contributed by atoms with van der Waals surface area (Å²) in [4.78, 5) is 25.4. The number of benzene rings is 1. The Morgan fingerprint density at radius 1 is 1.26 bits per heavy atom. The van der Waals surface area contributed by atoms with E-state index in [1.165, 1.54) is 11.6 Å². The number of para-hydroxylation sites is 1. The number of amides is 1. The lowest BCUT2D eigenvalue weighted by atomic mass is 10.0. The number of hydrogen-bond donors (Lipinski definition) is 2. The van der Waals surface area contributed by atoms with Gasteiger partial charge < -0.3 is 20.4 Å². The Hall–Kier alpha value is -3.16. The molecule has 0 aliphatic carbocycles. The van der Waals surface area contributed by atoms with Gasteiger partial charge in [0.2, 0.25) is 5.91 Å². The van der Waals surface area contributed by atoms with Crippen molar-refractivity contribution in [3.8, 4) is 0 Å². The second-order valence-corrected chi connectivity index (χ2v) is 7.86. The highest BCUT2D eigenvalue weighted by molar-refractivity contribution is 5.97. The van der Waals surface area contributed by atoms with Gasteiger partial charge in [0.25, 0.3) is 0 Å². The third-order valence-electron chi connectivity index (χ3n) is 5.70. The minimum Gasteiger partial charge on any atom is -0.357 e. The van der Waals surface area contributed by atoms with Crippen molar-refractivity contribution in [2.45, 2.75) is 32.2 Å². The highest BCUT2D eigenvalue weighted by Crippen LogP contribution is 2.26. The molecule has 7 nitrogen and oxygen atoms in total. The van der Waals surface area contributed by atoms with E-state index in [1.807, 2.05) is 34.9 Å². The van der Waals surface area contributed by atoms with Crippen LogP contribution in [0.15, 0.2) is 47.6 Å². The number of nitrogens with one attached hydrogen (secondary N) is 2. The van der Waals surface area contributed by atoms with E-state index >= 15 is 0 Å². The molecule has 2 aromatic rings. The van der Waals surface area contributed by atoms with Crippen LogP contribution in [0.5, 0.6) is 0 Å². The molecule has 4 rings (SSSR count). The van der Waals surface area contributed by atoms with E-state index in [9.17, 15) is 9.18 Å². The number of guanidine groups is 1. The highest BCUT2D eigenvalue weighted by Gasteiger charge is 2.26. The lowest BCUT2D eigenvalue weighted by molar-refractivity contribution is -0.117. The molecule has 2 aliphatic heterocycles. The first-order valence-corrected chi connectivity index (χ1v) is 10.9. The topological polar surface area (TPSA) is 72.9 Å². The number of anilines is 2. The Morgan fingerprint density at radius 2 is 2.13 bits per heavy atom. The summed E-state index contributed by atoms with van der Waals surface area (Å²) in [7, 11) is 0.